The van der Waals surface area contributed by atoms with E-state index < -0.39 is 5.97 Å². The first-order valence-electron chi connectivity index (χ1n) is 7.50. The summed E-state index contributed by atoms with van der Waals surface area (Å²) in [6.45, 7) is 2.34. The number of amides is 1. The summed E-state index contributed by atoms with van der Waals surface area (Å²) < 4.78 is 0. The van der Waals surface area contributed by atoms with Crippen molar-refractivity contribution in [3.63, 3.8) is 0 Å². The maximum Gasteiger partial charge on any atom is 0.335 e. The zero-order valence-corrected chi connectivity index (χ0v) is 12.0. The second-order valence-electron chi connectivity index (χ2n) is 5.82. The molecule has 112 valence electrons. The van der Waals surface area contributed by atoms with Crippen molar-refractivity contribution < 1.29 is 14.7 Å². The van der Waals surface area contributed by atoms with E-state index in [0.29, 0.717) is 12.0 Å². The van der Waals surface area contributed by atoms with Crippen LogP contribution in [0.4, 0.5) is 0 Å². The predicted octanol–water partition coefficient (Wildman–Crippen LogP) is 1.41. The standard InChI is InChI=1S/C16H20N2O3/c19-15-9-12(4-2-7-17-15)18-8-6-13-11(10-18)3-1-5-14(13)16(20)21/h1,3,5,12H,2,4,6-10H2,(H,17,19)(H,20,21). The Hall–Kier alpha value is -1.88. The lowest BCUT2D eigenvalue weighted by atomic mass is 9.92. The fourth-order valence-corrected chi connectivity index (χ4v) is 3.41. The Balaban J connectivity index is 1.79. The molecule has 0 aliphatic carbocycles. The summed E-state index contributed by atoms with van der Waals surface area (Å²) in [6, 6.07) is 5.76. The van der Waals surface area contributed by atoms with Gasteiger partial charge >= 0.3 is 5.97 Å². The molecular formula is C16H20N2O3. The molecule has 2 heterocycles. The third-order valence-electron chi connectivity index (χ3n) is 4.50. The van der Waals surface area contributed by atoms with E-state index >= 15 is 0 Å². The lowest BCUT2D eigenvalue weighted by Gasteiger charge is -2.35. The molecule has 3 rings (SSSR count). The fourth-order valence-electron chi connectivity index (χ4n) is 3.41. The molecule has 1 unspecified atom stereocenters. The second-order valence-corrected chi connectivity index (χ2v) is 5.82. The highest BCUT2D eigenvalue weighted by molar-refractivity contribution is 5.89. The maximum absolute atomic E-state index is 11.7. The molecule has 1 aromatic rings. The minimum Gasteiger partial charge on any atom is -0.478 e. The third-order valence-corrected chi connectivity index (χ3v) is 4.50. The van der Waals surface area contributed by atoms with Crippen LogP contribution in [0.5, 0.6) is 0 Å². The summed E-state index contributed by atoms with van der Waals surface area (Å²) in [5.74, 6) is -0.725. The van der Waals surface area contributed by atoms with Crippen molar-refractivity contribution >= 4 is 11.9 Å². The van der Waals surface area contributed by atoms with E-state index in [2.05, 4.69) is 10.2 Å². The van der Waals surface area contributed by atoms with Crippen LogP contribution in [0.1, 0.15) is 40.7 Å². The predicted molar refractivity (Wildman–Crippen MR) is 78.2 cm³/mol. The van der Waals surface area contributed by atoms with Gasteiger partial charge in [-0.3, -0.25) is 9.69 Å². The van der Waals surface area contributed by atoms with E-state index in [-0.39, 0.29) is 11.9 Å². The first kappa shape index (κ1) is 14.1. The van der Waals surface area contributed by atoms with Crippen molar-refractivity contribution in [2.24, 2.45) is 0 Å². The van der Waals surface area contributed by atoms with E-state index in [1.165, 1.54) is 0 Å². The van der Waals surface area contributed by atoms with E-state index in [4.69, 9.17) is 0 Å². The van der Waals surface area contributed by atoms with Crippen molar-refractivity contribution in [2.45, 2.75) is 38.3 Å². The van der Waals surface area contributed by atoms with Crippen LogP contribution in [0.3, 0.4) is 0 Å². The van der Waals surface area contributed by atoms with Crippen LogP contribution in [0.15, 0.2) is 18.2 Å². The summed E-state index contributed by atoms with van der Waals surface area (Å²) in [4.78, 5) is 25.3. The summed E-state index contributed by atoms with van der Waals surface area (Å²) in [7, 11) is 0. The quantitative estimate of drug-likeness (QED) is 0.863. The van der Waals surface area contributed by atoms with E-state index in [9.17, 15) is 14.7 Å². The van der Waals surface area contributed by atoms with Crippen LogP contribution >= 0.6 is 0 Å². The van der Waals surface area contributed by atoms with Gasteiger partial charge in [0.2, 0.25) is 5.91 Å². The van der Waals surface area contributed by atoms with Crippen LogP contribution in [-0.4, -0.2) is 41.0 Å². The average Bonchev–Trinajstić information content (AvgIpc) is 2.70. The molecule has 0 spiro atoms. The lowest BCUT2D eigenvalue weighted by Crippen LogP contribution is -2.41. The van der Waals surface area contributed by atoms with Gasteiger partial charge in [-0.25, -0.2) is 4.79 Å². The van der Waals surface area contributed by atoms with Gasteiger partial charge in [0.25, 0.3) is 0 Å². The lowest BCUT2D eigenvalue weighted by molar-refractivity contribution is -0.121. The van der Waals surface area contributed by atoms with Crippen molar-refractivity contribution in [3.05, 3.63) is 34.9 Å². The van der Waals surface area contributed by atoms with Crippen LogP contribution in [0.2, 0.25) is 0 Å². The number of carbonyl (C=O) groups excluding carboxylic acids is 1. The van der Waals surface area contributed by atoms with Crippen molar-refractivity contribution in [3.8, 4) is 0 Å². The molecule has 2 aliphatic rings. The van der Waals surface area contributed by atoms with E-state index in [0.717, 1.165) is 50.0 Å². The molecule has 0 aromatic heterocycles. The summed E-state index contributed by atoms with van der Waals surface area (Å²) in [6.07, 6.45) is 3.32. The van der Waals surface area contributed by atoms with Gasteiger partial charge in [-0.15, -0.1) is 0 Å². The number of fused-ring (bicyclic) bond motifs is 1. The first-order valence-corrected chi connectivity index (χ1v) is 7.50. The van der Waals surface area contributed by atoms with E-state index in [1.54, 1.807) is 6.07 Å². The Labute approximate surface area is 123 Å². The Morgan fingerprint density at radius 1 is 1.38 bits per heavy atom. The molecule has 1 amide bonds. The number of carboxylic acids is 1. The second kappa shape index (κ2) is 5.85. The minimum atomic E-state index is -0.853. The SMILES string of the molecule is O=C1CC(N2CCc3c(cccc3C(=O)O)C2)CCCN1. The Kier molecular flexibility index (Phi) is 3.92. The van der Waals surface area contributed by atoms with Crippen LogP contribution in [-0.2, 0) is 17.8 Å². The Morgan fingerprint density at radius 2 is 2.24 bits per heavy atom. The number of carboxylic acid groups (broad SMARTS) is 1. The molecule has 1 fully saturated rings. The highest BCUT2D eigenvalue weighted by Gasteiger charge is 2.28. The maximum atomic E-state index is 11.7. The number of hydrogen-bond donors (Lipinski definition) is 2. The molecule has 0 bridgehead atoms. The van der Waals surface area contributed by atoms with Gasteiger partial charge in [0.05, 0.1) is 5.56 Å². The highest BCUT2D eigenvalue weighted by atomic mass is 16.4. The van der Waals surface area contributed by atoms with Crippen LogP contribution < -0.4 is 5.32 Å². The van der Waals surface area contributed by atoms with Gasteiger partial charge in [-0.05, 0) is 36.5 Å². The zero-order valence-electron chi connectivity index (χ0n) is 12.0. The minimum absolute atomic E-state index is 0.127. The van der Waals surface area contributed by atoms with Gasteiger partial charge in [0.15, 0.2) is 0 Å². The molecular weight excluding hydrogens is 268 g/mol. The van der Waals surface area contributed by atoms with Gasteiger partial charge in [-0.1, -0.05) is 12.1 Å². The largest absolute Gasteiger partial charge is 0.478 e. The van der Waals surface area contributed by atoms with Gasteiger partial charge in [0.1, 0.15) is 0 Å². The molecule has 1 aromatic carbocycles. The van der Waals surface area contributed by atoms with Crippen molar-refractivity contribution in [2.75, 3.05) is 13.1 Å². The van der Waals surface area contributed by atoms with Crippen LogP contribution in [0.25, 0.3) is 0 Å². The number of rotatable bonds is 2. The fraction of sp³-hybridized carbons (Fsp3) is 0.500. The highest BCUT2D eigenvalue weighted by Crippen LogP contribution is 2.26. The topological polar surface area (TPSA) is 69.6 Å². The smallest absolute Gasteiger partial charge is 0.335 e. The number of nitrogens with zero attached hydrogens (tertiary/aromatic N) is 1. The van der Waals surface area contributed by atoms with Crippen molar-refractivity contribution in [1.82, 2.24) is 10.2 Å². The molecule has 5 heteroatoms. The van der Waals surface area contributed by atoms with Gasteiger partial charge < -0.3 is 10.4 Å². The molecule has 21 heavy (non-hydrogen) atoms. The molecule has 2 N–H and O–H groups in total. The summed E-state index contributed by atoms with van der Waals surface area (Å²) in [5.41, 5.74) is 2.47. The Morgan fingerprint density at radius 3 is 3.05 bits per heavy atom. The normalized spacial score (nSPS) is 23.0. The molecule has 2 aliphatic heterocycles. The number of carbonyl (C=O) groups is 2. The molecule has 0 radical (unpaired) electrons. The Bertz CT molecular complexity index is 571. The average molecular weight is 288 g/mol. The molecule has 1 atom stereocenters. The number of nitrogens with one attached hydrogen (secondary N) is 1. The monoisotopic (exact) mass is 288 g/mol. The van der Waals surface area contributed by atoms with Crippen LogP contribution in [0, 0.1) is 0 Å². The first-order chi connectivity index (χ1) is 10.1. The number of aromatic carboxylic acids is 1. The third kappa shape index (κ3) is 2.93. The summed E-state index contributed by atoms with van der Waals surface area (Å²) in [5, 5.41) is 12.2. The van der Waals surface area contributed by atoms with Gasteiger partial charge in [0, 0.05) is 32.1 Å². The molecule has 1 saturated heterocycles. The van der Waals surface area contributed by atoms with Gasteiger partial charge in [-0.2, -0.15) is 0 Å². The number of benzene rings is 1. The summed E-state index contributed by atoms with van der Waals surface area (Å²) >= 11 is 0. The molecule has 5 nitrogen and oxygen atoms in total. The zero-order chi connectivity index (χ0) is 14.8. The molecule has 0 saturated carbocycles. The van der Waals surface area contributed by atoms with Crippen molar-refractivity contribution in [1.29, 1.82) is 0 Å². The van der Waals surface area contributed by atoms with E-state index in [1.807, 2.05) is 12.1 Å². The number of hydrogen-bond acceptors (Lipinski definition) is 3.